The Morgan fingerprint density at radius 1 is 1.64 bits per heavy atom. The molecule has 2 N–H and O–H groups in total. The average molecular weight is 167 g/mol. The second-order valence-corrected chi connectivity index (χ2v) is 4.42. The Kier molecular flexibility index (Phi) is 1.74. The number of thiophene rings is 1. The van der Waals surface area contributed by atoms with Gasteiger partial charge in [-0.2, -0.15) is 0 Å². The topological polar surface area (TPSA) is 26.0 Å². The van der Waals surface area contributed by atoms with Gasteiger partial charge in [-0.3, -0.25) is 0 Å². The summed E-state index contributed by atoms with van der Waals surface area (Å²) in [6.07, 6.45) is 2.66. The molecule has 1 heterocycles. The molecule has 0 amide bonds. The van der Waals surface area contributed by atoms with E-state index in [-0.39, 0.29) is 0 Å². The first kappa shape index (κ1) is 7.32. The van der Waals surface area contributed by atoms with Gasteiger partial charge in [0, 0.05) is 10.9 Å². The third kappa shape index (κ3) is 1.33. The van der Waals surface area contributed by atoms with E-state index < -0.39 is 0 Å². The number of hydrogen-bond acceptors (Lipinski definition) is 2. The van der Waals surface area contributed by atoms with Crippen molar-refractivity contribution in [3.05, 3.63) is 21.9 Å². The van der Waals surface area contributed by atoms with Gasteiger partial charge >= 0.3 is 0 Å². The van der Waals surface area contributed by atoms with Gasteiger partial charge in [-0.25, -0.2) is 0 Å². The summed E-state index contributed by atoms with van der Waals surface area (Å²) < 4.78 is 0. The lowest BCUT2D eigenvalue weighted by atomic mass is 10.1. The predicted octanol–water partition coefficient (Wildman–Crippen LogP) is 2.47. The van der Waals surface area contributed by atoms with Crippen LogP contribution in [0.25, 0.3) is 0 Å². The van der Waals surface area contributed by atoms with Gasteiger partial charge in [0.05, 0.1) is 0 Å². The number of nitrogens with two attached hydrogens (primary N) is 1. The zero-order valence-electron chi connectivity index (χ0n) is 6.71. The maximum Gasteiger partial charge on any atom is 0.0334 e. The van der Waals surface area contributed by atoms with Crippen LogP contribution < -0.4 is 5.73 Å². The van der Waals surface area contributed by atoms with E-state index in [1.54, 1.807) is 11.3 Å². The van der Waals surface area contributed by atoms with Crippen molar-refractivity contribution in [1.82, 2.24) is 0 Å². The van der Waals surface area contributed by atoms with Gasteiger partial charge in [0.2, 0.25) is 0 Å². The molecule has 0 aromatic carbocycles. The molecule has 0 aliphatic heterocycles. The smallest absolute Gasteiger partial charge is 0.0334 e. The van der Waals surface area contributed by atoms with E-state index in [2.05, 4.69) is 18.4 Å². The van der Waals surface area contributed by atoms with Gasteiger partial charge in [0.25, 0.3) is 0 Å². The molecule has 1 fully saturated rings. The molecule has 1 aromatic heterocycles. The minimum atomic E-state index is 0.321. The van der Waals surface area contributed by atoms with Crippen LogP contribution >= 0.6 is 11.3 Å². The van der Waals surface area contributed by atoms with Gasteiger partial charge in [-0.1, -0.05) is 0 Å². The summed E-state index contributed by atoms with van der Waals surface area (Å²) in [5, 5.41) is 2.13. The van der Waals surface area contributed by atoms with Crippen molar-refractivity contribution < 1.29 is 0 Å². The highest BCUT2D eigenvalue weighted by Gasteiger charge is 2.30. The predicted molar refractivity (Wildman–Crippen MR) is 48.7 cm³/mol. The van der Waals surface area contributed by atoms with Crippen molar-refractivity contribution in [3.8, 4) is 0 Å². The number of rotatable bonds is 2. The Morgan fingerprint density at radius 2 is 2.36 bits per heavy atom. The maximum atomic E-state index is 6.05. The quantitative estimate of drug-likeness (QED) is 0.719. The fourth-order valence-electron chi connectivity index (χ4n) is 1.45. The molecule has 1 aliphatic rings. The zero-order valence-corrected chi connectivity index (χ0v) is 7.53. The standard InChI is InChI=1S/C9H13NS/c1-6-8(4-5-11-6)9(10)7-2-3-7/h4-5,7,9H,2-3,10H2,1H3. The molecule has 0 saturated heterocycles. The van der Waals surface area contributed by atoms with E-state index >= 15 is 0 Å². The highest BCUT2D eigenvalue weighted by atomic mass is 32.1. The van der Waals surface area contributed by atoms with Gasteiger partial charge in [0.1, 0.15) is 0 Å². The van der Waals surface area contributed by atoms with Crippen molar-refractivity contribution in [1.29, 1.82) is 0 Å². The highest BCUT2D eigenvalue weighted by Crippen LogP contribution is 2.40. The summed E-state index contributed by atoms with van der Waals surface area (Å²) in [7, 11) is 0. The van der Waals surface area contributed by atoms with E-state index in [1.165, 1.54) is 23.3 Å². The van der Waals surface area contributed by atoms with Crippen LogP contribution in [0.4, 0.5) is 0 Å². The largest absolute Gasteiger partial charge is 0.324 e. The van der Waals surface area contributed by atoms with Gasteiger partial charge in [0.15, 0.2) is 0 Å². The third-order valence-corrected chi connectivity index (χ3v) is 3.25. The molecule has 0 bridgehead atoms. The lowest BCUT2D eigenvalue weighted by molar-refractivity contribution is 0.633. The van der Waals surface area contributed by atoms with Crippen molar-refractivity contribution in [2.45, 2.75) is 25.8 Å². The van der Waals surface area contributed by atoms with Crippen LogP contribution in [-0.2, 0) is 0 Å². The van der Waals surface area contributed by atoms with Crippen molar-refractivity contribution >= 4 is 11.3 Å². The normalized spacial score (nSPS) is 20.2. The van der Waals surface area contributed by atoms with E-state index in [1.807, 2.05) is 0 Å². The first-order chi connectivity index (χ1) is 5.29. The molecule has 0 radical (unpaired) electrons. The van der Waals surface area contributed by atoms with Crippen molar-refractivity contribution in [2.75, 3.05) is 0 Å². The van der Waals surface area contributed by atoms with E-state index in [4.69, 9.17) is 5.73 Å². The van der Waals surface area contributed by atoms with Gasteiger partial charge < -0.3 is 5.73 Å². The Morgan fingerprint density at radius 3 is 2.82 bits per heavy atom. The molecule has 1 saturated carbocycles. The second-order valence-electron chi connectivity index (χ2n) is 3.30. The Labute approximate surface area is 71.2 Å². The molecule has 1 nitrogen and oxygen atoms in total. The SMILES string of the molecule is Cc1sccc1C(N)C1CC1. The molecular formula is C9H13NS. The molecule has 60 valence electrons. The fraction of sp³-hybridized carbons (Fsp3) is 0.556. The minimum absolute atomic E-state index is 0.321. The summed E-state index contributed by atoms with van der Waals surface area (Å²) in [4.78, 5) is 1.39. The number of aryl methyl sites for hydroxylation is 1. The molecule has 1 aromatic rings. The van der Waals surface area contributed by atoms with Crippen LogP contribution in [-0.4, -0.2) is 0 Å². The summed E-state index contributed by atoms with van der Waals surface area (Å²) in [6, 6.07) is 2.49. The van der Waals surface area contributed by atoms with Crippen molar-refractivity contribution in [3.63, 3.8) is 0 Å². The highest BCUT2D eigenvalue weighted by molar-refractivity contribution is 7.10. The van der Waals surface area contributed by atoms with Crippen LogP contribution in [0.1, 0.15) is 29.3 Å². The average Bonchev–Trinajstić information content (AvgIpc) is 2.74. The summed E-state index contributed by atoms with van der Waals surface area (Å²) in [6.45, 7) is 2.15. The molecule has 2 rings (SSSR count). The fourth-order valence-corrected chi connectivity index (χ4v) is 2.21. The summed E-state index contributed by atoms with van der Waals surface area (Å²) in [5.41, 5.74) is 7.42. The van der Waals surface area contributed by atoms with E-state index in [9.17, 15) is 0 Å². The minimum Gasteiger partial charge on any atom is -0.324 e. The molecule has 1 atom stereocenters. The molecular weight excluding hydrogens is 154 g/mol. The van der Waals surface area contributed by atoms with E-state index in [0.717, 1.165) is 5.92 Å². The zero-order chi connectivity index (χ0) is 7.84. The van der Waals surface area contributed by atoms with Crippen LogP contribution in [0.15, 0.2) is 11.4 Å². The van der Waals surface area contributed by atoms with Crippen molar-refractivity contribution in [2.24, 2.45) is 11.7 Å². The lowest BCUT2D eigenvalue weighted by Gasteiger charge is -2.08. The monoisotopic (exact) mass is 167 g/mol. The molecule has 0 spiro atoms. The Hall–Kier alpha value is -0.340. The summed E-state index contributed by atoms with van der Waals surface area (Å²) in [5.74, 6) is 0.781. The Bertz CT molecular complexity index is 250. The third-order valence-electron chi connectivity index (χ3n) is 2.39. The number of hydrogen-bond donors (Lipinski definition) is 1. The first-order valence-corrected chi connectivity index (χ1v) is 4.96. The molecule has 11 heavy (non-hydrogen) atoms. The first-order valence-electron chi connectivity index (χ1n) is 4.08. The molecule has 1 aliphatic carbocycles. The maximum absolute atomic E-state index is 6.05. The van der Waals surface area contributed by atoms with Gasteiger partial charge in [-0.05, 0) is 42.7 Å². The van der Waals surface area contributed by atoms with Crippen LogP contribution in [0, 0.1) is 12.8 Å². The lowest BCUT2D eigenvalue weighted by Crippen LogP contribution is -2.12. The van der Waals surface area contributed by atoms with Crippen LogP contribution in [0.3, 0.4) is 0 Å². The second kappa shape index (κ2) is 2.61. The summed E-state index contributed by atoms with van der Waals surface area (Å²) >= 11 is 1.80. The van der Waals surface area contributed by atoms with E-state index in [0.29, 0.717) is 6.04 Å². The van der Waals surface area contributed by atoms with Gasteiger partial charge in [-0.15, -0.1) is 11.3 Å². The van der Waals surface area contributed by atoms with Crippen LogP contribution in [0.2, 0.25) is 0 Å². The molecule has 1 unspecified atom stereocenters. The molecule has 2 heteroatoms. The van der Waals surface area contributed by atoms with Crippen LogP contribution in [0.5, 0.6) is 0 Å². The Balaban J connectivity index is 2.20.